The van der Waals surface area contributed by atoms with Gasteiger partial charge in [-0.1, -0.05) is 0 Å². The van der Waals surface area contributed by atoms with Gasteiger partial charge in [-0.3, -0.25) is 0 Å². The van der Waals surface area contributed by atoms with Crippen LogP contribution in [0.3, 0.4) is 0 Å². The largest absolute Gasteiger partial charge is 0.371 e. The number of anilines is 2. The summed E-state index contributed by atoms with van der Waals surface area (Å²) in [6, 6.07) is 2.74. The summed E-state index contributed by atoms with van der Waals surface area (Å²) in [6.45, 7) is 0.439. The standard InChI is InChI=1S/C11H10BrF2N3S/c1-15-10-8(13)3-9(14)11(17-10)16-4-7-2-6(12)5-18-7/h2-3,5H,4H2,1H3,(H2,15,16,17). The molecule has 3 nitrogen and oxygen atoms in total. The zero-order chi connectivity index (χ0) is 13.1. The van der Waals surface area contributed by atoms with Gasteiger partial charge >= 0.3 is 0 Å². The molecule has 0 aliphatic rings. The van der Waals surface area contributed by atoms with Crippen molar-refractivity contribution in [1.29, 1.82) is 0 Å². The maximum Gasteiger partial charge on any atom is 0.168 e. The molecule has 0 amide bonds. The van der Waals surface area contributed by atoms with Gasteiger partial charge < -0.3 is 10.6 Å². The number of hydrogen-bond acceptors (Lipinski definition) is 4. The van der Waals surface area contributed by atoms with Crippen molar-refractivity contribution in [3.63, 3.8) is 0 Å². The second-order valence-electron chi connectivity index (χ2n) is 3.48. The minimum atomic E-state index is -0.709. The van der Waals surface area contributed by atoms with E-state index in [0.29, 0.717) is 6.54 Å². The van der Waals surface area contributed by atoms with E-state index in [0.717, 1.165) is 15.4 Å². The topological polar surface area (TPSA) is 37.0 Å². The van der Waals surface area contributed by atoms with E-state index in [1.165, 1.54) is 18.4 Å². The molecule has 0 unspecified atom stereocenters. The van der Waals surface area contributed by atoms with Gasteiger partial charge in [0.25, 0.3) is 0 Å². The molecule has 7 heteroatoms. The smallest absolute Gasteiger partial charge is 0.168 e. The van der Waals surface area contributed by atoms with Gasteiger partial charge in [0, 0.05) is 27.8 Å². The first-order valence-electron chi connectivity index (χ1n) is 5.10. The fraction of sp³-hybridized carbons (Fsp3) is 0.182. The molecule has 2 aromatic rings. The molecular formula is C11H10BrF2N3S. The summed E-state index contributed by atoms with van der Waals surface area (Å²) in [5.41, 5.74) is 0. The van der Waals surface area contributed by atoms with E-state index in [1.54, 1.807) is 0 Å². The van der Waals surface area contributed by atoms with Crippen molar-refractivity contribution < 1.29 is 8.78 Å². The van der Waals surface area contributed by atoms with Crippen molar-refractivity contribution in [3.05, 3.63) is 38.5 Å². The quantitative estimate of drug-likeness (QED) is 0.892. The monoisotopic (exact) mass is 333 g/mol. The molecule has 0 aliphatic carbocycles. The van der Waals surface area contributed by atoms with Gasteiger partial charge in [0.1, 0.15) is 0 Å². The number of nitrogens with one attached hydrogen (secondary N) is 2. The second kappa shape index (κ2) is 5.62. The van der Waals surface area contributed by atoms with Gasteiger partial charge in [-0.05, 0) is 22.0 Å². The average molecular weight is 334 g/mol. The maximum atomic E-state index is 13.5. The minimum absolute atomic E-state index is 0.0197. The fourth-order valence-corrected chi connectivity index (χ4v) is 2.77. The maximum absolute atomic E-state index is 13.5. The Bertz CT molecular complexity index is 559. The summed E-state index contributed by atoms with van der Waals surface area (Å²) in [7, 11) is 1.53. The van der Waals surface area contributed by atoms with Crippen LogP contribution in [0.4, 0.5) is 20.4 Å². The molecule has 0 saturated carbocycles. The van der Waals surface area contributed by atoms with Crippen LogP contribution in [0, 0.1) is 11.6 Å². The highest BCUT2D eigenvalue weighted by molar-refractivity contribution is 9.10. The molecule has 0 atom stereocenters. The molecule has 0 spiro atoms. The first-order chi connectivity index (χ1) is 8.60. The number of nitrogens with zero attached hydrogens (tertiary/aromatic N) is 1. The summed E-state index contributed by atoms with van der Waals surface area (Å²) < 4.78 is 27.7. The molecule has 0 fully saturated rings. The fourth-order valence-electron chi connectivity index (χ4n) is 1.38. The summed E-state index contributed by atoms with van der Waals surface area (Å²) in [4.78, 5) is 4.86. The Morgan fingerprint density at radius 2 is 2.00 bits per heavy atom. The Morgan fingerprint density at radius 1 is 1.28 bits per heavy atom. The molecule has 0 aromatic carbocycles. The van der Waals surface area contributed by atoms with Gasteiger partial charge in [-0.15, -0.1) is 11.3 Å². The predicted molar refractivity (Wildman–Crippen MR) is 73.0 cm³/mol. The van der Waals surface area contributed by atoms with E-state index in [1.807, 2.05) is 11.4 Å². The van der Waals surface area contributed by atoms with Crippen molar-refractivity contribution in [2.45, 2.75) is 6.54 Å². The van der Waals surface area contributed by atoms with E-state index < -0.39 is 11.6 Å². The number of aromatic nitrogens is 1. The zero-order valence-corrected chi connectivity index (χ0v) is 11.8. The van der Waals surface area contributed by atoms with Crippen molar-refractivity contribution in [2.75, 3.05) is 17.7 Å². The lowest BCUT2D eigenvalue weighted by molar-refractivity contribution is 0.579. The van der Waals surface area contributed by atoms with Crippen LogP contribution in [0.15, 0.2) is 22.0 Å². The van der Waals surface area contributed by atoms with Crippen LogP contribution in [0.2, 0.25) is 0 Å². The van der Waals surface area contributed by atoms with Gasteiger partial charge in [0.05, 0.1) is 6.54 Å². The van der Waals surface area contributed by atoms with Crippen molar-refractivity contribution in [3.8, 4) is 0 Å². The van der Waals surface area contributed by atoms with Crippen LogP contribution in [0.1, 0.15) is 4.88 Å². The highest BCUT2D eigenvalue weighted by Gasteiger charge is 2.10. The lowest BCUT2D eigenvalue weighted by atomic mass is 10.4. The highest BCUT2D eigenvalue weighted by atomic mass is 79.9. The van der Waals surface area contributed by atoms with Crippen LogP contribution in [0.25, 0.3) is 0 Å². The summed E-state index contributed by atoms with van der Waals surface area (Å²) in [5, 5.41) is 7.34. The summed E-state index contributed by atoms with van der Waals surface area (Å²) in [6.07, 6.45) is 0. The van der Waals surface area contributed by atoms with Crippen molar-refractivity contribution in [1.82, 2.24) is 4.98 Å². The molecule has 0 radical (unpaired) electrons. The molecule has 0 bridgehead atoms. The summed E-state index contributed by atoms with van der Waals surface area (Å²) >= 11 is 4.88. The van der Waals surface area contributed by atoms with E-state index in [9.17, 15) is 8.78 Å². The molecule has 2 rings (SSSR count). The highest BCUT2D eigenvalue weighted by Crippen LogP contribution is 2.22. The molecule has 2 heterocycles. The van der Waals surface area contributed by atoms with Crippen LogP contribution in [-0.2, 0) is 6.54 Å². The normalized spacial score (nSPS) is 10.4. The van der Waals surface area contributed by atoms with Crippen LogP contribution >= 0.6 is 27.3 Å². The number of halogens is 3. The Morgan fingerprint density at radius 3 is 2.61 bits per heavy atom. The van der Waals surface area contributed by atoms with Crippen LogP contribution in [-0.4, -0.2) is 12.0 Å². The Balaban J connectivity index is 2.13. The SMILES string of the molecule is CNc1nc(NCc2cc(Br)cs2)c(F)cc1F. The minimum Gasteiger partial charge on any atom is -0.371 e. The first kappa shape index (κ1) is 13.2. The van der Waals surface area contributed by atoms with Gasteiger partial charge in [-0.2, -0.15) is 0 Å². The number of hydrogen-bond donors (Lipinski definition) is 2. The lowest BCUT2D eigenvalue weighted by Crippen LogP contribution is -2.06. The molecule has 18 heavy (non-hydrogen) atoms. The number of thiophene rings is 1. The second-order valence-corrected chi connectivity index (χ2v) is 5.40. The van der Waals surface area contributed by atoms with Crippen LogP contribution < -0.4 is 10.6 Å². The molecule has 2 N–H and O–H groups in total. The zero-order valence-electron chi connectivity index (χ0n) is 9.43. The van der Waals surface area contributed by atoms with Crippen molar-refractivity contribution >= 4 is 38.9 Å². The molecule has 0 saturated heterocycles. The van der Waals surface area contributed by atoms with Gasteiger partial charge in [0.2, 0.25) is 0 Å². The Hall–Kier alpha value is -1.21. The van der Waals surface area contributed by atoms with E-state index in [2.05, 4.69) is 31.5 Å². The molecule has 96 valence electrons. The first-order valence-corrected chi connectivity index (χ1v) is 6.78. The summed E-state index contributed by atoms with van der Waals surface area (Å²) in [5.74, 6) is -1.36. The molecular weight excluding hydrogens is 324 g/mol. The lowest BCUT2D eigenvalue weighted by Gasteiger charge is -2.08. The van der Waals surface area contributed by atoms with Crippen molar-refractivity contribution in [2.24, 2.45) is 0 Å². The Kier molecular flexibility index (Phi) is 4.13. The Labute approximate surface area is 115 Å². The average Bonchev–Trinajstić information content (AvgIpc) is 2.74. The number of pyridine rings is 1. The van der Waals surface area contributed by atoms with E-state index in [-0.39, 0.29) is 11.6 Å². The third kappa shape index (κ3) is 2.97. The van der Waals surface area contributed by atoms with Gasteiger partial charge in [-0.25, -0.2) is 13.8 Å². The predicted octanol–water partition coefficient (Wildman–Crippen LogP) is 3.84. The van der Waals surface area contributed by atoms with Gasteiger partial charge in [0.15, 0.2) is 23.3 Å². The molecule has 2 aromatic heterocycles. The van der Waals surface area contributed by atoms with Crippen LogP contribution in [0.5, 0.6) is 0 Å². The third-order valence-electron chi connectivity index (χ3n) is 2.22. The molecule has 0 aliphatic heterocycles. The van der Waals surface area contributed by atoms with E-state index >= 15 is 0 Å². The number of rotatable bonds is 4. The van der Waals surface area contributed by atoms with E-state index in [4.69, 9.17) is 0 Å². The third-order valence-corrected chi connectivity index (χ3v) is 3.92.